The van der Waals surface area contributed by atoms with E-state index in [-0.39, 0.29) is 7.43 Å². The summed E-state index contributed by atoms with van der Waals surface area (Å²) in [6, 6.07) is 78.7. The van der Waals surface area contributed by atoms with E-state index >= 15 is 0 Å². The normalized spacial score (nSPS) is 11.1. The molecule has 2 heteroatoms. The van der Waals surface area contributed by atoms with E-state index in [1.165, 1.54) is 66.3 Å². The molecule has 0 unspecified atom stereocenters. The highest BCUT2D eigenvalue weighted by atomic mass is 15.1. The van der Waals surface area contributed by atoms with Gasteiger partial charge >= 0.3 is 0 Å². The van der Waals surface area contributed by atoms with Crippen LogP contribution in [-0.2, 0) is 0 Å². The van der Waals surface area contributed by atoms with E-state index in [9.17, 15) is 0 Å². The first kappa shape index (κ1) is 33.7. The standard InChI is InChI=1S/C52H36N2.CH4/c1-4-14-37(15-5-1)39-24-30-44(31-25-39)53(45-32-26-40(27-33-45)38-16-6-2-7-17-38)46-34-28-41(29-35-46)50-36-43-20-10-11-21-47(43)52-51(42-18-8-3-9-19-42)48-22-12-13-23-49(48)54(50)52;/h1-36H;1H4. The molecule has 0 atom stereocenters. The second-order valence-corrected chi connectivity index (χ2v) is 13.8. The third-order valence-corrected chi connectivity index (χ3v) is 10.6. The number of hydrogen-bond acceptors (Lipinski definition) is 1. The molecule has 8 aromatic carbocycles. The summed E-state index contributed by atoms with van der Waals surface area (Å²) in [5.74, 6) is 0. The number of nitrogens with zero attached hydrogens (tertiary/aromatic N) is 2. The lowest BCUT2D eigenvalue weighted by molar-refractivity contribution is 1.26. The van der Waals surface area contributed by atoms with Crippen LogP contribution in [0.2, 0.25) is 0 Å². The number of fused-ring (bicyclic) bond motifs is 5. The van der Waals surface area contributed by atoms with Crippen molar-refractivity contribution in [2.75, 3.05) is 4.90 Å². The van der Waals surface area contributed by atoms with Crippen LogP contribution in [0.15, 0.2) is 218 Å². The Bertz CT molecular complexity index is 2790. The molecule has 0 saturated heterocycles. The first-order chi connectivity index (χ1) is 26.8. The number of para-hydroxylation sites is 1. The summed E-state index contributed by atoms with van der Waals surface area (Å²) in [6.45, 7) is 0. The SMILES string of the molecule is C.c1ccc(-c2ccc(N(c3ccc(-c4ccccc4)cc3)c3ccc(-c4cc5ccccc5c5c(-c6ccccc6)c6ccccc6n45)cc3)cc2)cc1. The van der Waals surface area contributed by atoms with Gasteiger partial charge in [0.15, 0.2) is 0 Å². The molecule has 0 aliphatic rings. The summed E-state index contributed by atoms with van der Waals surface area (Å²) in [5.41, 5.74) is 15.4. The van der Waals surface area contributed by atoms with Crippen molar-refractivity contribution in [3.05, 3.63) is 218 Å². The van der Waals surface area contributed by atoms with Crippen LogP contribution in [0.5, 0.6) is 0 Å². The van der Waals surface area contributed by atoms with Crippen molar-refractivity contribution < 1.29 is 0 Å². The minimum atomic E-state index is 0. The second-order valence-electron chi connectivity index (χ2n) is 13.8. The number of hydrogen-bond donors (Lipinski definition) is 0. The molecule has 0 bridgehead atoms. The summed E-state index contributed by atoms with van der Waals surface area (Å²) in [4.78, 5) is 2.35. The maximum Gasteiger partial charge on any atom is 0.0625 e. The van der Waals surface area contributed by atoms with E-state index < -0.39 is 0 Å². The van der Waals surface area contributed by atoms with Gasteiger partial charge in [-0.15, -0.1) is 0 Å². The van der Waals surface area contributed by atoms with E-state index in [0.29, 0.717) is 0 Å². The van der Waals surface area contributed by atoms with E-state index in [1.807, 2.05) is 0 Å². The van der Waals surface area contributed by atoms with E-state index in [0.717, 1.165) is 22.6 Å². The molecule has 2 nitrogen and oxygen atoms in total. The molecule has 2 aromatic heterocycles. The van der Waals surface area contributed by atoms with E-state index in [4.69, 9.17) is 0 Å². The van der Waals surface area contributed by atoms with Gasteiger partial charge < -0.3 is 9.30 Å². The third kappa shape index (κ3) is 6.04. The molecular formula is C53H40N2. The van der Waals surface area contributed by atoms with Gasteiger partial charge in [-0.2, -0.15) is 0 Å². The van der Waals surface area contributed by atoms with Crippen molar-refractivity contribution in [1.82, 2.24) is 4.40 Å². The van der Waals surface area contributed by atoms with Crippen molar-refractivity contribution in [3.63, 3.8) is 0 Å². The highest BCUT2D eigenvalue weighted by molar-refractivity contribution is 6.16. The Morgan fingerprint density at radius 1 is 0.327 bits per heavy atom. The molecule has 0 radical (unpaired) electrons. The molecular weight excluding hydrogens is 665 g/mol. The molecule has 0 N–H and O–H groups in total. The summed E-state index contributed by atoms with van der Waals surface area (Å²) < 4.78 is 2.47. The third-order valence-electron chi connectivity index (χ3n) is 10.6. The molecule has 0 amide bonds. The molecule has 262 valence electrons. The molecule has 0 aliphatic heterocycles. The Morgan fingerprint density at radius 2 is 0.727 bits per heavy atom. The molecule has 0 spiro atoms. The monoisotopic (exact) mass is 704 g/mol. The van der Waals surface area contributed by atoms with Crippen molar-refractivity contribution in [1.29, 1.82) is 0 Å². The van der Waals surface area contributed by atoms with Crippen molar-refractivity contribution in [3.8, 4) is 44.6 Å². The van der Waals surface area contributed by atoms with Gasteiger partial charge in [0.2, 0.25) is 0 Å². The summed E-state index contributed by atoms with van der Waals surface area (Å²) in [5, 5.41) is 3.72. The zero-order valence-electron chi connectivity index (χ0n) is 29.7. The maximum absolute atomic E-state index is 2.47. The predicted molar refractivity (Wildman–Crippen MR) is 236 cm³/mol. The van der Waals surface area contributed by atoms with Crippen LogP contribution >= 0.6 is 0 Å². The largest absolute Gasteiger partial charge is 0.311 e. The van der Waals surface area contributed by atoms with Crippen LogP contribution in [-0.4, -0.2) is 4.40 Å². The Balaban J connectivity index is 0.00000397. The van der Waals surface area contributed by atoms with Crippen molar-refractivity contribution >= 4 is 44.3 Å². The fraction of sp³-hybridized carbons (Fsp3) is 0.0189. The average molecular weight is 705 g/mol. The molecule has 10 rings (SSSR count). The second kappa shape index (κ2) is 14.3. The lowest BCUT2D eigenvalue weighted by Gasteiger charge is -2.26. The van der Waals surface area contributed by atoms with Gasteiger partial charge in [0.25, 0.3) is 0 Å². The van der Waals surface area contributed by atoms with Crippen LogP contribution in [0.3, 0.4) is 0 Å². The zero-order valence-corrected chi connectivity index (χ0v) is 29.7. The molecule has 10 aromatic rings. The van der Waals surface area contributed by atoms with E-state index in [1.54, 1.807) is 0 Å². The Hall–Kier alpha value is -7.16. The minimum absolute atomic E-state index is 0. The van der Waals surface area contributed by atoms with Crippen LogP contribution in [0.1, 0.15) is 7.43 Å². The van der Waals surface area contributed by atoms with Gasteiger partial charge in [-0.3, -0.25) is 0 Å². The van der Waals surface area contributed by atoms with E-state index in [2.05, 4.69) is 228 Å². The lowest BCUT2D eigenvalue weighted by atomic mass is 9.99. The van der Waals surface area contributed by atoms with Crippen LogP contribution < -0.4 is 4.90 Å². The highest BCUT2D eigenvalue weighted by Gasteiger charge is 2.20. The average Bonchev–Trinajstić information content (AvgIpc) is 3.61. The number of aromatic nitrogens is 1. The van der Waals surface area contributed by atoms with Gasteiger partial charge in [0.1, 0.15) is 0 Å². The van der Waals surface area contributed by atoms with Gasteiger partial charge in [-0.1, -0.05) is 177 Å². The fourth-order valence-electron chi connectivity index (χ4n) is 8.00. The zero-order chi connectivity index (χ0) is 35.8. The van der Waals surface area contributed by atoms with Crippen LogP contribution in [0.25, 0.3) is 71.8 Å². The Kier molecular flexibility index (Phi) is 8.78. The quantitative estimate of drug-likeness (QED) is 0.160. The van der Waals surface area contributed by atoms with Gasteiger partial charge in [0, 0.05) is 33.4 Å². The van der Waals surface area contributed by atoms with Gasteiger partial charge in [-0.25, -0.2) is 0 Å². The molecule has 0 fully saturated rings. The lowest BCUT2D eigenvalue weighted by Crippen LogP contribution is -2.09. The molecule has 0 aliphatic carbocycles. The van der Waals surface area contributed by atoms with Gasteiger partial charge in [0.05, 0.1) is 16.7 Å². The summed E-state index contributed by atoms with van der Waals surface area (Å²) in [6.07, 6.45) is 0. The van der Waals surface area contributed by atoms with Gasteiger partial charge in [-0.05, 0) is 87.3 Å². The summed E-state index contributed by atoms with van der Waals surface area (Å²) >= 11 is 0. The molecule has 2 heterocycles. The van der Waals surface area contributed by atoms with Crippen molar-refractivity contribution in [2.24, 2.45) is 0 Å². The Labute approximate surface area is 322 Å². The fourth-order valence-corrected chi connectivity index (χ4v) is 8.00. The minimum Gasteiger partial charge on any atom is -0.311 e. The summed E-state index contributed by atoms with van der Waals surface area (Å²) in [7, 11) is 0. The van der Waals surface area contributed by atoms with Crippen molar-refractivity contribution in [2.45, 2.75) is 7.43 Å². The van der Waals surface area contributed by atoms with Crippen LogP contribution in [0.4, 0.5) is 17.1 Å². The number of anilines is 3. The highest BCUT2D eigenvalue weighted by Crippen LogP contribution is 2.43. The first-order valence-corrected chi connectivity index (χ1v) is 18.5. The first-order valence-electron chi connectivity index (χ1n) is 18.5. The Morgan fingerprint density at radius 3 is 1.25 bits per heavy atom. The number of benzene rings is 8. The smallest absolute Gasteiger partial charge is 0.0625 e. The number of pyridine rings is 1. The van der Waals surface area contributed by atoms with Crippen LogP contribution in [0, 0.1) is 0 Å². The molecule has 55 heavy (non-hydrogen) atoms. The topological polar surface area (TPSA) is 7.65 Å². The maximum atomic E-state index is 2.47. The predicted octanol–water partition coefficient (Wildman–Crippen LogP) is 15.0. The number of rotatable bonds is 7. The molecule has 0 saturated carbocycles.